The van der Waals surface area contributed by atoms with Crippen LogP contribution in [0, 0.1) is 6.57 Å². The molecule has 0 bridgehead atoms. The minimum Gasteiger partial charge on any atom is -0.351 e. The maximum atomic E-state index is 11.6. The first-order chi connectivity index (χ1) is 6.65. The lowest BCUT2D eigenvalue weighted by Crippen LogP contribution is -2.30. The highest BCUT2D eigenvalue weighted by Crippen LogP contribution is 2.17. The number of carbonyl (C=O) groups excluding carboxylic acids is 1. The summed E-state index contributed by atoms with van der Waals surface area (Å²) in [5.74, 6) is -0.188. The van der Waals surface area contributed by atoms with Crippen molar-refractivity contribution in [3.63, 3.8) is 0 Å². The Kier molecular flexibility index (Phi) is 3.24. The van der Waals surface area contributed by atoms with Crippen LogP contribution in [0.1, 0.15) is 24.2 Å². The van der Waals surface area contributed by atoms with E-state index in [0.717, 1.165) is 0 Å². The van der Waals surface area contributed by atoms with E-state index >= 15 is 0 Å². The summed E-state index contributed by atoms with van der Waals surface area (Å²) in [5, 5.41) is 2.75. The second-order valence-corrected chi connectivity index (χ2v) is 3.26. The van der Waals surface area contributed by atoms with Crippen LogP contribution in [0.2, 0.25) is 0 Å². The van der Waals surface area contributed by atoms with Gasteiger partial charge in [-0.15, -0.1) is 0 Å². The van der Waals surface area contributed by atoms with Gasteiger partial charge in [0, 0.05) is 11.6 Å². The van der Waals surface area contributed by atoms with Gasteiger partial charge in [-0.2, -0.15) is 0 Å². The summed E-state index contributed by atoms with van der Waals surface area (Å²) in [6.45, 7) is 10.7. The van der Waals surface area contributed by atoms with E-state index in [0.29, 0.717) is 11.3 Å². The number of rotatable bonds is 2. The van der Waals surface area contributed by atoms with Gasteiger partial charge in [0.1, 0.15) is 0 Å². The molecule has 0 atom stereocenters. The third kappa shape index (κ3) is 2.33. The topological polar surface area (TPSA) is 33.5 Å². The van der Waals surface area contributed by atoms with Crippen molar-refractivity contribution in [2.75, 3.05) is 0 Å². The molecule has 0 aliphatic carbocycles. The van der Waals surface area contributed by atoms with E-state index in [2.05, 4.69) is 10.2 Å². The summed E-state index contributed by atoms with van der Waals surface area (Å²) >= 11 is 0. The van der Waals surface area contributed by atoms with Gasteiger partial charge in [0.15, 0.2) is 5.69 Å². The van der Waals surface area contributed by atoms with Gasteiger partial charge in [0.05, 0.1) is 6.57 Å². The van der Waals surface area contributed by atoms with Crippen LogP contribution in [0.3, 0.4) is 0 Å². The smallest absolute Gasteiger partial charge is 0.240 e. The first kappa shape index (κ1) is 10.3. The van der Waals surface area contributed by atoms with Gasteiger partial charge in [0.2, 0.25) is 5.91 Å². The summed E-state index contributed by atoms with van der Waals surface area (Å²) < 4.78 is 0. The predicted octanol–water partition coefficient (Wildman–Crippen LogP) is 2.38. The fraction of sp³-hybridized carbons (Fsp3) is 0.273. The second kappa shape index (κ2) is 4.43. The van der Waals surface area contributed by atoms with Crippen molar-refractivity contribution in [1.82, 2.24) is 5.32 Å². The number of nitrogens with zero attached hydrogens (tertiary/aromatic N) is 1. The molecule has 3 nitrogen and oxygen atoms in total. The van der Waals surface area contributed by atoms with Gasteiger partial charge < -0.3 is 5.32 Å². The predicted molar refractivity (Wildman–Crippen MR) is 55.3 cm³/mol. The summed E-state index contributed by atoms with van der Waals surface area (Å²) in [7, 11) is 0. The summed E-state index contributed by atoms with van der Waals surface area (Å²) in [6, 6.07) is 6.89. The third-order valence-corrected chi connectivity index (χ3v) is 1.69. The number of amides is 1. The van der Waals surface area contributed by atoms with Crippen LogP contribution in [-0.4, -0.2) is 11.9 Å². The van der Waals surface area contributed by atoms with E-state index in [1.807, 2.05) is 13.8 Å². The Balaban J connectivity index is 2.96. The quantitative estimate of drug-likeness (QED) is 0.710. The average Bonchev–Trinajstić information content (AvgIpc) is 2.16. The molecule has 0 aliphatic heterocycles. The fourth-order valence-electron chi connectivity index (χ4n) is 1.10. The molecular formula is C11H12N2O. The third-order valence-electron chi connectivity index (χ3n) is 1.69. The molecule has 1 aromatic rings. The maximum Gasteiger partial charge on any atom is 0.240 e. The molecule has 0 aliphatic rings. The van der Waals surface area contributed by atoms with Crippen LogP contribution < -0.4 is 5.32 Å². The van der Waals surface area contributed by atoms with Gasteiger partial charge in [-0.3, -0.25) is 4.79 Å². The van der Waals surface area contributed by atoms with Crippen molar-refractivity contribution in [2.24, 2.45) is 0 Å². The lowest BCUT2D eigenvalue weighted by atomic mass is 10.1. The average molecular weight is 188 g/mol. The minimum atomic E-state index is -0.188. The highest BCUT2D eigenvalue weighted by Gasteiger charge is 2.10. The Hall–Kier alpha value is -1.82. The number of carbonyl (C=O) groups is 1. The summed E-state index contributed by atoms with van der Waals surface area (Å²) in [4.78, 5) is 14.9. The molecule has 3 heteroatoms. The molecule has 0 aromatic heterocycles. The summed E-state index contributed by atoms with van der Waals surface area (Å²) in [6.07, 6.45) is 0. The molecule has 0 unspecified atom stereocenters. The number of para-hydroxylation sites is 1. The molecular weight excluding hydrogens is 176 g/mol. The van der Waals surface area contributed by atoms with Gasteiger partial charge in [-0.1, -0.05) is 24.3 Å². The molecule has 0 spiro atoms. The van der Waals surface area contributed by atoms with E-state index in [1.165, 1.54) is 0 Å². The zero-order valence-corrected chi connectivity index (χ0v) is 8.24. The standard InChI is InChI=1S/C11H12N2O/c1-8(2)13-11(14)9-6-4-5-7-10(9)12-3/h4-8H,1-2H3,(H,13,14). The zero-order chi connectivity index (χ0) is 10.6. The highest BCUT2D eigenvalue weighted by molar-refractivity contribution is 5.99. The van der Waals surface area contributed by atoms with Gasteiger partial charge in [-0.25, -0.2) is 4.85 Å². The van der Waals surface area contributed by atoms with E-state index in [9.17, 15) is 4.79 Å². The summed E-state index contributed by atoms with van der Waals surface area (Å²) in [5.41, 5.74) is 0.835. The first-order valence-corrected chi connectivity index (χ1v) is 4.42. The van der Waals surface area contributed by atoms with Crippen molar-refractivity contribution < 1.29 is 4.79 Å². The Morgan fingerprint density at radius 3 is 2.64 bits per heavy atom. The van der Waals surface area contributed by atoms with E-state index in [4.69, 9.17) is 6.57 Å². The number of benzene rings is 1. The Labute approximate surface area is 83.6 Å². The van der Waals surface area contributed by atoms with Crippen LogP contribution in [-0.2, 0) is 0 Å². The van der Waals surface area contributed by atoms with Crippen molar-refractivity contribution in [3.05, 3.63) is 41.2 Å². The van der Waals surface area contributed by atoms with Crippen molar-refractivity contribution in [1.29, 1.82) is 0 Å². The fourth-order valence-corrected chi connectivity index (χ4v) is 1.10. The number of nitrogens with one attached hydrogen (secondary N) is 1. The largest absolute Gasteiger partial charge is 0.351 e. The molecule has 14 heavy (non-hydrogen) atoms. The van der Waals surface area contributed by atoms with Crippen LogP contribution >= 0.6 is 0 Å². The number of hydrogen-bond acceptors (Lipinski definition) is 1. The highest BCUT2D eigenvalue weighted by atomic mass is 16.1. The number of hydrogen-bond donors (Lipinski definition) is 1. The SMILES string of the molecule is [C-]#[N+]c1ccccc1C(=O)NC(C)C. The molecule has 0 saturated heterocycles. The van der Waals surface area contributed by atoms with Crippen LogP contribution in [0.5, 0.6) is 0 Å². The van der Waals surface area contributed by atoms with Crippen LogP contribution in [0.25, 0.3) is 4.85 Å². The van der Waals surface area contributed by atoms with Crippen molar-refractivity contribution in [2.45, 2.75) is 19.9 Å². The van der Waals surface area contributed by atoms with Crippen LogP contribution in [0.4, 0.5) is 5.69 Å². The zero-order valence-electron chi connectivity index (χ0n) is 8.24. The molecule has 0 fully saturated rings. The monoisotopic (exact) mass is 188 g/mol. The molecule has 0 radical (unpaired) electrons. The normalized spacial score (nSPS) is 9.57. The molecule has 1 amide bonds. The Morgan fingerprint density at radius 1 is 1.43 bits per heavy atom. The molecule has 0 saturated carbocycles. The molecule has 1 N–H and O–H groups in total. The molecule has 72 valence electrons. The van der Waals surface area contributed by atoms with Gasteiger partial charge in [0.25, 0.3) is 0 Å². The van der Waals surface area contributed by atoms with Crippen molar-refractivity contribution in [3.8, 4) is 0 Å². The van der Waals surface area contributed by atoms with Gasteiger partial charge in [-0.05, 0) is 13.8 Å². The minimum absolute atomic E-state index is 0.0845. The first-order valence-electron chi connectivity index (χ1n) is 4.42. The maximum absolute atomic E-state index is 11.6. The van der Waals surface area contributed by atoms with E-state index < -0.39 is 0 Å². The lowest BCUT2D eigenvalue weighted by molar-refractivity contribution is 0.0944. The molecule has 1 aromatic carbocycles. The Bertz CT molecular complexity index is 377. The molecule has 1 rings (SSSR count). The lowest BCUT2D eigenvalue weighted by Gasteiger charge is -2.08. The Morgan fingerprint density at radius 2 is 2.07 bits per heavy atom. The van der Waals surface area contributed by atoms with Crippen LogP contribution in [0.15, 0.2) is 24.3 Å². The van der Waals surface area contributed by atoms with Crippen molar-refractivity contribution >= 4 is 11.6 Å². The van der Waals surface area contributed by atoms with E-state index in [-0.39, 0.29) is 11.9 Å². The molecule has 0 heterocycles. The second-order valence-electron chi connectivity index (χ2n) is 3.26. The van der Waals surface area contributed by atoms with E-state index in [1.54, 1.807) is 24.3 Å². The van der Waals surface area contributed by atoms with Gasteiger partial charge >= 0.3 is 0 Å².